The minimum atomic E-state index is 0.105. The van der Waals surface area contributed by atoms with Gasteiger partial charge in [-0.3, -0.25) is 4.79 Å². The van der Waals surface area contributed by atoms with Gasteiger partial charge in [-0.2, -0.15) is 0 Å². The Morgan fingerprint density at radius 3 is 2.69 bits per heavy atom. The number of Topliss-reactive ketones (excluding diaryl/α,β-unsaturated/α-hetero) is 1. The van der Waals surface area contributed by atoms with E-state index in [-0.39, 0.29) is 5.78 Å². The molecule has 0 unspecified atom stereocenters. The number of carbonyl (C=O) groups excluding carboxylic acids is 1. The summed E-state index contributed by atoms with van der Waals surface area (Å²) in [6.07, 6.45) is 0.379. The highest BCUT2D eigenvalue weighted by atomic mass is 35.5. The molecule has 70 valence electrons. The van der Waals surface area contributed by atoms with Crippen molar-refractivity contribution in [2.24, 2.45) is 0 Å². The summed E-state index contributed by atoms with van der Waals surface area (Å²) in [6, 6.07) is 3.57. The molecule has 0 aromatic heterocycles. The molecule has 0 spiro atoms. The number of benzene rings is 1. The summed E-state index contributed by atoms with van der Waals surface area (Å²) in [5.74, 6) is 0.105. The fourth-order valence-corrected chi connectivity index (χ4v) is 1.35. The molecule has 0 aliphatic carbocycles. The van der Waals surface area contributed by atoms with Crippen molar-refractivity contribution in [3.8, 4) is 0 Å². The topological polar surface area (TPSA) is 43.1 Å². The SMILES string of the molecule is CC(=O)Cc1ccc(Cl)c(C)c1N. The predicted octanol–water partition coefficient (Wildman–Crippen LogP) is 2.36. The van der Waals surface area contributed by atoms with Gasteiger partial charge < -0.3 is 5.73 Å². The Morgan fingerprint density at radius 2 is 2.15 bits per heavy atom. The van der Waals surface area contributed by atoms with Crippen molar-refractivity contribution >= 4 is 23.1 Å². The van der Waals surface area contributed by atoms with Crippen LogP contribution in [0.25, 0.3) is 0 Å². The zero-order valence-electron chi connectivity index (χ0n) is 7.73. The van der Waals surface area contributed by atoms with Gasteiger partial charge in [0, 0.05) is 17.1 Å². The molecular formula is C10H12ClNO. The lowest BCUT2D eigenvalue weighted by Crippen LogP contribution is -2.02. The van der Waals surface area contributed by atoms with Crippen LogP contribution >= 0.6 is 11.6 Å². The maximum Gasteiger partial charge on any atom is 0.134 e. The molecule has 0 heterocycles. The summed E-state index contributed by atoms with van der Waals surface area (Å²) in [6.45, 7) is 3.39. The summed E-state index contributed by atoms with van der Waals surface area (Å²) in [4.78, 5) is 10.9. The molecule has 2 N–H and O–H groups in total. The maximum absolute atomic E-state index is 10.9. The second kappa shape index (κ2) is 3.79. The number of hydrogen-bond acceptors (Lipinski definition) is 2. The van der Waals surface area contributed by atoms with Gasteiger partial charge in [-0.1, -0.05) is 17.7 Å². The monoisotopic (exact) mass is 197 g/mol. The average Bonchev–Trinajstić information content (AvgIpc) is 2.06. The zero-order valence-corrected chi connectivity index (χ0v) is 8.48. The van der Waals surface area contributed by atoms with Gasteiger partial charge in [0.2, 0.25) is 0 Å². The Labute approximate surface area is 82.7 Å². The first kappa shape index (κ1) is 10.1. The highest BCUT2D eigenvalue weighted by molar-refractivity contribution is 6.31. The van der Waals surface area contributed by atoms with Crippen molar-refractivity contribution in [1.82, 2.24) is 0 Å². The van der Waals surface area contributed by atoms with E-state index in [9.17, 15) is 4.79 Å². The number of anilines is 1. The van der Waals surface area contributed by atoms with Crippen LogP contribution < -0.4 is 5.73 Å². The molecule has 0 fully saturated rings. The molecule has 0 bridgehead atoms. The van der Waals surface area contributed by atoms with Crippen LogP contribution in [0.2, 0.25) is 5.02 Å². The maximum atomic E-state index is 10.9. The van der Waals surface area contributed by atoms with Crippen molar-refractivity contribution < 1.29 is 4.79 Å². The first-order chi connectivity index (χ1) is 6.02. The zero-order chi connectivity index (χ0) is 10.0. The van der Waals surface area contributed by atoms with Crippen LogP contribution in [0.4, 0.5) is 5.69 Å². The third-order valence-corrected chi connectivity index (χ3v) is 2.39. The van der Waals surface area contributed by atoms with E-state index >= 15 is 0 Å². The van der Waals surface area contributed by atoms with Gasteiger partial charge in [0.25, 0.3) is 0 Å². The third kappa shape index (κ3) is 2.22. The van der Waals surface area contributed by atoms with Gasteiger partial charge in [0.15, 0.2) is 0 Å². The quantitative estimate of drug-likeness (QED) is 0.740. The molecule has 0 radical (unpaired) electrons. The molecule has 0 saturated heterocycles. The largest absolute Gasteiger partial charge is 0.398 e. The van der Waals surface area contributed by atoms with Crippen LogP contribution in [-0.4, -0.2) is 5.78 Å². The van der Waals surface area contributed by atoms with Gasteiger partial charge in [0.05, 0.1) is 0 Å². The van der Waals surface area contributed by atoms with Crippen molar-refractivity contribution in [2.45, 2.75) is 20.3 Å². The average molecular weight is 198 g/mol. The summed E-state index contributed by atoms with van der Waals surface area (Å²) >= 11 is 5.86. The van der Waals surface area contributed by atoms with Crippen LogP contribution in [0.3, 0.4) is 0 Å². The van der Waals surface area contributed by atoms with Crippen LogP contribution in [0.1, 0.15) is 18.1 Å². The highest BCUT2D eigenvalue weighted by Gasteiger charge is 2.06. The summed E-state index contributed by atoms with van der Waals surface area (Å²) in [7, 11) is 0. The Balaban J connectivity index is 3.10. The first-order valence-electron chi connectivity index (χ1n) is 4.05. The van der Waals surface area contributed by atoms with Crippen molar-refractivity contribution in [2.75, 3.05) is 5.73 Å². The lowest BCUT2D eigenvalue weighted by Gasteiger charge is -2.07. The molecule has 2 nitrogen and oxygen atoms in total. The van der Waals surface area contributed by atoms with Gasteiger partial charge >= 0.3 is 0 Å². The molecule has 0 aliphatic rings. The number of hydrogen-bond donors (Lipinski definition) is 1. The number of halogens is 1. The Kier molecular flexibility index (Phi) is 2.94. The van der Waals surface area contributed by atoms with E-state index in [4.69, 9.17) is 17.3 Å². The summed E-state index contributed by atoms with van der Waals surface area (Å²) in [5, 5.41) is 0.643. The van der Waals surface area contributed by atoms with Crippen LogP contribution in [0.5, 0.6) is 0 Å². The summed E-state index contributed by atoms with van der Waals surface area (Å²) < 4.78 is 0. The van der Waals surface area contributed by atoms with Gasteiger partial charge in [-0.15, -0.1) is 0 Å². The Morgan fingerprint density at radius 1 is 1.54 bits per heavy atom. The molecule has 13 heavy (non-hydrogen) atoms. The van der Waals surface area contributed by atoms with Gasteiger partial charge in [-0.05, 0) is 31.0 Å². The molecule has 1 aromatic rings. The first-order valence-corrected chi connectivity index (χ1v) is 4.43. The normalized spacial score (nSPS) is 10.1. The number of nitrogen functional groups attached to an aromatic ring is 1. The van der Waals surface area contributed by atoms with E-state index in [0.29, 0.717) is 17.1 Å². The lowest BCUT2D eigenvalue weighted by molar-refractivity contribution is -0.116. The molecule has 0 amide bonds. The number of nitrogens with two attached hydrogens (primary N) is 1. The van der Waals surface area contributed by atoms with Gasteiger partial charge in [-0.25, -0.2) is 0 Å². The Hall–Kier alpha value is -1.02. The molecular weight excluding hydrogens is 186 g/mol. The standard InChI is InChI=1S/C10H12ClNO/c1-6(13)5-8-3-4-9(11)7(2)10(8)12/h3-4H,5,12H2,1-2H3. The third-order valence-electron chi connectivity index (χ3n) is 1.98. The van der Waals surface area contributed by atoms with E-state index in [1.807, 2.05) is 6.92 Å². The highest BCUT2D eigenvalue weighted by Crippen LogP contribution is 2.25. The molecule has 0 aliphatic heterocycles. The minimum Gasteiger partial charge on any atom is -0.398 e. The van der Waals surface area contributed by atoms with E-state index < -0.39 is 0 Å². The minimum absolute atomic E-state index is 0.105. The summed E-state index contributed by atoms with van der Waals surface area (Å²) in [5.41, 5.74) is 8.13. The van der Waals surface area contributed by atoms with Crippen LogP contribution in [-0.2, 0) is 11.2 Å². The fraction of sp³-hybridized carbons (Fsp3) is 0.300. The van der Waals surface area contributed by atoms with Crippen LogP contribution in [0.15, 0.2) is 12.1 Å². The second-order valence-corrected chi connectivity index (χ2v) is 3.53. The van der Waals surface area contributed by atoms with Gasteiger partial charge in [0.1, 0.15) is 5.78 Å². The van der Waals surface area contributed by atoms with Crippen molar-refractivity contribution in [3.63, 3.8) is 0 Å². The van der Waals surface area contributed by atoms with E-state index in [1.165, 1.54) is 0 Å². The van der Waals surface area contributed by atoms with Crippen molar-refractivity contribution in [1.29, 1.82) is 0 Å². The molecule has 1 rings (SSSR count). The number of rotatable bonds is 2. The smallest absolute Gasteiger partial charge is 0.134 e. The molecule has 3 heteroatoms. The molecule has 0 saturated carbocycles. The lowest BCUT2D eigenvalue weighted by atomic mass is 10.0. The van der Waals surface area contributed by atoms with Crippen molar-refractivity contribution in [3.05, 3.63) is 28.3 Å². The Bertz CT molecular complexity index is 347. The number of ketones is 1. The van der Waals surface area contributed by atoms with E-state index in [2.05, 4.69) is 0 Å². The molecule has 0 atom stereocenters. The van der Waals surface area contributed by atoms with E-state index in [1.54, 1.807) is 19.1 Å². The van der Waals surface area contributed by atoms with E-state index in [0.717, 1.165) is 11.1 Å². The number of carbonyl (C=O) groups is 1. The second-order valence-electron chi connectivity index (χ2n) is 3.12. The molecule has 1 aromatic carbocycles. The fourth-order valence-electron chi connectivity index (χ4n) is 1.18. The van der Waals surface area contributed by atoms with Crippen LogP contribution in [0, 0.1) is 6.92 Å². The predicted molar refractivity (Wildman–Crippen MR) is 55.0 cm³/mol.